The van der Waals surface area contributed by atoms with E-state index in [1.807, 2.05) is 30.5 Å². The van der Waals surface area contributed by atoms with Crippen LogP contribution in [0.1, 0.15) is 10.4 Å². The lowest BCUT2D eigenvalue weighted by Gasteiger charge is -2.09. The molecule has 3 aromatic rings. The Bertz CT molecular complexity index is 812. The van der Waals surface area contributed by atoms with Gasteiger partial charge in [0, 0.05) is 10.6 Å². The van der Waals surface area contributed by atoms with Gasteiger partial charge in [0.1, 0.15) is 16.4 Å². The van der Waals surface area contributed by atoms with Crippen molar-refractivity contribution in [3.05, 3.63) is 34.7 Å². The number of thiophene rings is 1. The van der Waals surface area contributed by atoms with Crippen molar-refractivity contribution in [1.82, 2.24) is 9.97 Å². The van der Waals surface area contributed by atoms with Gasteiger partial charge in [-0.25, -0.2) is 9.97 Å². The summed E-state index contributed by atoms with van der Waals surface area (Å²) < 4.78 is 5.19. The predicted molar refractivity (Wildman–Crippen MR) is 94.9 cm³/mol. The van der Waals surface area contributed by atoms with Crippen LogP contribution in [0.2, 0.25) is 0 Å². The highest BCUT2D eigenvalue weighted by Gasteiger charge is 2.14. The summed E-state index contributed by atoms with van der Waals surface area (Å²) in [5.74, 6) is 1.70. The topological polar surface area (TPSA) is 47.0 Å². The van der Waals surface area contributed by atoms with Crippen molar-refractivity contribution in [3.63, 3.8) is 0 Å². The molecule has 3 rings (SSSR count). The quantitative estimate of drug-likeness (QED) is 0.550. The molecule has 0 saturated heterocycles. The maximum Gasteiger partial charge on any atom is 0.190 e. The number of hydrogen-bond donors (Lipinski definition) is 1. The highest BCUT2D eigenvalue weighted by Crippen LogP contribution is 2.35. The number of nitrogens with zero attached hydrogens (tertiary/aromatic N) is 2. The van der Waals surface area contributed by atoms with E-state index in [1.54, 1.807) is 30.2 Å². The Morgan fingerprint density at radius 1 is 1.14 bits per heavy atom. The number of methoxy groups -OCH3 is 1. The monoisotopic (exact) mass is 331 g/mol. The fraction of sp³-hybridized carbons (Fsp3) is 0.250. The van der Waals surface area contributed by atoms with E-state index >= 15 is 0 Å². The maximum atomic E-state index is 5.19. The zero-order valence-corrected chi connectivity index (χ0v) is 14.6. The van der Waals surface area contributed by atoms with E-state index in [4.69, 9.17) is 4.74 Å². The Kier molecular flexibility index (Phi) is 4.22. The molecule has 0 fully saturated rings. The summed E-state index contributed by atoms with van der Waals surface area (Å²) in [7, 11) is 1.67. The maximum absolute atomic E-state index is 5.19. The number of hydrogen-bond acceptors (Lipinski definition) is 6. The lowest BCUT2D eigenvalue weighted by Crippen LogP contribution is -1.98. The normalized spacial score (nSPS) is 10.9. The van der Waals surface area contributed by atoms with Gasteiger partial charge < -0.3 is 10.1 Å². The zero-order chi connectivity index (χ0) is 15.7. The van der Waals surface area contributed by atoms with E-state index in [0.29, 0.717) is 0 Å². The van der Waals surface area contributed by atoms with Crippen molar-refractivity contribution in [2.45, 2.75) is 19.0 Å². The first kappa shape index (κ1) is 15.1. The van der Waals surface area contributed by atoms with Crippen LogP contribution in [0, 0.1) is 13.8 Å². The summed E-state index contributed by atoms with van der Waals surface area (Å²) >= 11 is 3.27. The lowest BCUT2D eigenvalue weighted by molar-refractivity contribution is 0.415. The summed E-state index contributed by atoms with van der Waals surface area (Å²) in [6.07, 6.45) is 1.99. The molecule has 114 valence electrons. The van der Waals surface area contributed by atoms with Crippen molar-refractivity contribution < 1.29 is 4.74 Å². The third-order valence-electron chi connectivity index (χ3n) is 3.54. The van der Waals surface area contributed by atoms with E-state index in [0.717, 1.165) is 32.6 Å². The van der Waals surface area contributed by atoms with E-state index in [9.17, 15) is 0 Å². The largest absolute Gasteiger partial charge is 0.497 e. The number of nitrogens with one attached hydrogen (secondary N) is 1. The molecule has 0 unspecified atom stereocenters. The van der Waals surface area contributed by atoms with Crippen LogP contribution >= 0.6 is 23.1 Å². The minimum Gasteiger partial charge on any atom is -0.497 e. The molecule has 0 amide bonds. The Hall–Kier alpha value is -1.79. The predicted octanol–water partition coefficient (Wildman–Crippen LogP) is 4.78. The van der Waals surface area contributed by atoms with E-state index in [1.165, 1.54) is 10.4 Å². The SMILES string of the molecule is COc1ccc(Nc2nc(SC)nc3sc(C)c(C)c23)cc1. The third kappa shape index (κ3) is 2.76. The molecule has 0 aliphatic carbocycles. The number of ether oxygens (including phenoxy) is 1. The number of aryl methyl sites for hydroxylation is 2. The summed E-state index contributed by atoms with van der Waals surface area (Å²) in [6.45, 7) is 4.24. The molecule has 22 heavy (non-hydrogen) atoms. The second-order valence-corrected chi connectivity index (χ2v) is 6.85. The first-order valence-electron chi connectivity index (χ1n) is 6.85. The summed E-state index contributed by atoms with van der Waals surface area (Å²) in [5, 5.41) is 5.30. The van der Waals surface area contributed by atoms with Gasteiger partial charge in [-0.2, -0.15) is 0 Å². The average Bonchev–Trinajstić information content (AvgIpc) is 2.82. The average molecular weight is 331 g/mol. The van der Waals surface area contributed by atoms with Crippen LogP contribution in [0.5, 0.6) is 5.75 Å². The standard InChI is InChI=1S/C16H17N3OS2/c1-9-10(2)22-15-13(9)14(18-16(19-15)21-4)17-11-5-7-12(20-3)8-6-11/h5-8H,1-4H3,(H,17,18,19). The number of anilines is 2. The highest BCUT2D eigenvalue weighted by molar-refractivity contribution is 7.98. The van der Waals surface area contributed by atoms with Crippen molar-refractivity contribution >= 4 is 44.8 Å². The van der Waals surface area contributed by atoms with Crippen molar-refractivity contribution in [2.24, 2.45) is 0 Å². The first-order valence-corrected chi connectivity index (χ1v) is 8.89. The zero-order valence-electron chi connectivity index (χ0n) is 12.9. The summed E-state index contributed by atoms with van der Waals surface area (Å²) in [5.41, 5.74) is 2.22. The molecule has 0 atom stereocenters. The van der Waals surface area contributed by atoms with Gasteiger partial charge in [-0.1, -0.05) is 11.8 Å². The number of benzene rings is 1. The molecule has 0 bridgehead atoms. The van der Waals surface area contributed by atoms with E-state index in [-0.39, 0.29) is 0 Å². The number of aromatic nitrogens is 2. The second kappa shape index (κ2) is 6.14. The molecular weight excluding hydrogens is 314 g/mol. The van der Waals surface area contributed by atoms with Crippen LogP contribution in [-0.4, -0.2) is 23.3 Å². The van der Waals surface area contributed by atoms with Gasteiger partial charge >= 0.3 is 0 Å². The van der Waals surface area contributed by atoms with Crippen LogP contribution < -0.4 is 10.1 Å². The number of thioether (sulfide) groups is 1. The van der Waals surface area contributed by atoms with Gasteiger partial charge in [-0.3, -0.25) is 0 Å². The summed E-state index contributed by atoms with van der Waals surface area (Å²) in [4.78, 5) is 11.6. The molecule has 0 radical (unpaired) electrons. The van der Waals surface area contributed by atoms with Gasteiger partial charge in [0.15, 0.2) is 5.16 Å². The molecule has 4 nitrogen and oxygen atoms in total. The fourth-order valence-corrected chi connectivity index (χ4v) is 3.67. The van der Waals surface area contributed by atoms with Crippen molar-refractivity contribution in [2.75, 3.05) is 18.7 Å². The molecule has 0 spiro atoms. The smallest absolute Gasteiger partial charge is 0.190 e. The Labute approximate surface area is 137 Å². The van der Waals surface area contributed by atoms with E-state index < -0.39 is 0 Å². The molecule has 0 aliphatic heterocycles. The van der Waals surface area contributed by atoms with Gasteiger partial charge in [-0.05, 0) is 49.9 Å². The first-order chi connectivity index (χ1) is 10.6. The Balaban J connectivity index is 2.07. The second-order valence-electron chi connectivity index (χ2n) is 4.88. The van der Waals surface area contributed by atoms with Gasteiger partial charge in [0.25, 0.3) is 0 Å². The fourth-order valence-electron chi connectivity index (χ4n) is 2.22. The minimum atomic E-state index is 0.782. The lowest BCUT2D eigenvalue weighted by atomic mass is 10.2. The molecule has 6 heteroatoms. The molecule has 0 saturated carbocycles. The van der Waals surface area contributed by atoms with Crippen LogP contribution in [-0.2, 0) is 0 Å². The number of fused-ring (bicyclic) bond motifs is 1. The van der Waals surface area contributed by atoms with Crippen LogP contribution in [0.3, 0.4) is 0 Å². The highest BCUT2D eigenvalue weighted by atomic mass is 32.2. The van der Waals surface area contributed by atoms with Crippen molar-refractivity contribution in [3.8, 4) is 5.75 Å². The minimum absolute atomic E-state index is 0.782. The molecular formula is C16H17N3OS2. The van der Waals surface area contributed by atoms with Gasteiger partial charge in [0.2, 0.25) is 0 Å². The van der Waals surface area contributed by atoms with Crippen LogP contribution in [0.15, 0.2) is 29.4 Å². The number of rotatable bonds is 4. The molecule has 0 aliphatic rings. The molecule has 1 N–H and O–H groups in total. The molecule has 2 aromatic heterocycles. The third-order valence-corrected chi connectivity index (χ3v) is 5.19. The van der Waals surface area contributed by atoms with E-state index in [2.05, 4.69) is 29.1 Å². The Morgan fingerprint density at radius 2 is 1.86 bits per heavy atom. The van der Waals surface area contributed by atoms with Crippen LogP contribution in [0.4, 0.5) is 11.5 Å². The molecule has 1 aromatic carbocycles. The van der Waals surface area contributed by atoms with Crippen molar-refractivity contribution in [1.29, 1.82) is 0 Å². The molecule has 2 heterocycles. The van der Waals surface area contributed by atoms with Crippen LogP contribution in [0.25, 0.3) is 10.2 Å². The van der Waals surface area contributed by atoms with Gasteiger partial charge in [0.05, 0.1) is 12.5 Å². The van der Waals surface area contributed by atoms with Gasteiger partial charge in [-0.15, -0.1) is 11.3 Å². The summed E-state index contributed by atoms with van der Waals surface area (Å²) in [6, 6.07) is 7.84. The Morgan fingerprint density at radius 3 is 2.50 bits per heavy atom.